The number of nitrogens with one attached hydrogen (secondary N) is 1. The molecule has 2 heterocycles. The second kappa shape index (κ2) is 9.14. The molecule has 5 rings (SSSR count). The predicted molar refractivity (Wildman–Crippen MR) is 123 cm³/mol. The van der Waals surface area contributed by atoms with Gasteiger partial charge in [0.2, 0.25) is 11.0 Å². The first kappa shape index (κ1) is 20.1. The second-order valence-electron chi connectivity index (χ2n) is 7.88. The van der Waals surface area contributed by atoms with Gasteiger partial charge in [-0.15, -0.1) is 10.2 Å². The molecule has 160 valence electrons. The van der Waals surface area contributed by atoms with Gasteiger partial charge in [-0.05, 0) is 62.4 Å². The quantitative estimate of drug-likeness (QED) is 0.487. The zero-order valence-corrected chi connectivity index (χ0v) is 18.4. The van der Waals surface area contributed by atoms with Crippen LogP contribution in [0.1, 0.15) is 50.8 Å². The van der Waals surface area contributed by atoms with Gasteiger partial charge in [0, 0.05) is 22.6 Å². The minimum Gasteiger partial charge on any atom is -0.490 e. The molecule has 1 aromatic heterocycles. The van der Waals surface area contributed by atoms with Crippen molar-refractivity contribution in [3.8, 4) is 22.9 Å². The maximum Gasteiger partial charge on any atom is 0.247 e. The van der Waals surface area contributed by atoms with Gasteiger partial charge in [0.05, 0.1) is 6.10 Å². The van der Waals surface area contributed by atoms with Crippen LogP contribution in [0.15, 0.2) is 53.7 Å². The summed E-state index contributed by atoms with van der Waals surface area (Å²) in [5.41, 5.74) is 3.55. The van der Waals surface area contributed by atoms with Crippen LogP contribution in [0.2, 0.25) is 0 Å². The molecule has 1 saturated carbocycles. The van der Waals surface area contributed by atoms with Crippen molar-refractivity contribution in [2.75, 3.05) is 11.1 Å². The number of anilines is 1. The smallest absolute Gasteiger partial charge is 0.247 e. The fraction of sp³-hybridized carbons (Fsp3) is 0.375. The minimum absolute atomic E-state index is 0.346. The number of aromatic nitrogens is 3. The van der Waals surface area contributed by atoms with Crippen molar-refractivity contribution in [3.63, 3.8) is 0 Å². The second-order valence-corrected chi connectivity index (χ2v) is 8.94. The number of para-hydroxylation sites is 1. The summed E-state index contributed by atoms with van der Waals surface area (Å²) in [7, 11) is 0. The fourth-order valence-corrected chi connectivity index (χ4v) is 4.61. The highest BCUT2D eigenvalue weighted by Crippen LogP contribution is 2.39. The van der Waals surface area contributed by atoms with Gasteiger partial charge < -0.3 is 14.8 Å². The van der Waals surface area contributed by atoms with Crippen LogP contribution in [0.25, 0.3) is 11.3 Å². The molecule has 1 aliphatic carbocycles. The van der Waals surface area contributed by atoms with Crippen LogP contribution in [-0.2, 0) is 0 Å². The third-order valence-corrected chi connectivity index (χ3v) is 6.60. The molecule has 6 nitrogen and oxygen atoms in total. The van der Waals surface area contributed by atoms with Crippen LogP contribution in [0.5, 0.6) is 11.6 Å². The average Bonchev–Trinajstić information content (AvgIpc) is 3.25. The molecule has 0 saturated heterocycles. The zero-order chi connectivity index (χ0) is 21.0. The first-order chi connectivity index (χ1) is 15.3. The molecule has 3 aromatic rings. The maximum absolute atomic E-state index is 6.34. The van der Waals surface area contributed by atoms with Gasteiger partial charge in [0.25, 0.3) is 0 Å². The first-order valence-electron chi connectivity index (χ1n) is 11.0. The summed E-state index contributed by atoms with van der Waals surface area (Å²) in [5.74, 6) is 2.36. The average molecular weight is 435 g/mol. The molecular formula is C24H26N4O2S. The van der Waals surface area contributed by atoms with Crippen LogP contribution in [0.3, 0.4) is 0 Å². The summed E-state index contributed by atoms with van der Waals surface area (Å²) in [6.45, 7) is 2.14. The largest absolute Gasteiger partial charge is 0.490 e. The highest BCUT2D eigenvalue weighted by atomic mass is 32.2. The molecule has 1 aliphatic heterocycles. The van der Waals surface area contributed by atoms with Crippen LogP contribution in [0, 0.1) is 0 Å². The van der Waals surface area contributed by atoms with Crippen molar-refractivity contribution >= 4 is 17.4 Å². The van der Waals surface area contributed by atoms with Crippen molar-refractivity contribution in [2.45, 2.75) is 56.5 Å². The van der Waals surface area contributed by atoms with E-state index >= 15 is 0 Å². The molecule has 2 aliphatic rings. The first-order valence-corrected chi connectivity index (χ1v) is 12.0. The number of nitrogens with zero attached hydrogens (tertiary/aromatic N) is 3. The van der Waals surface area contributed by atoms with E-state index in [-0.39, 0.29) is 6.23 Å². The molecule has 2 aromatic carbocycles. The highest BCUT2D eigenvalue weighted by Gasteiger charge is 2.26. The molecule has 1 atom stereocenters. The summed E-state index contributed by atoms with van der Waals surface area (Å²) < 4.78 is 12.5. The molecular weight excluding hydrogens is 408 g/mol. The van der Waals surface area contributed by atoms with Crippen molar-refractivity contribution in [1.82, 2.24) is 15.2 Å². The normalized spacial score (nSPS) is 17.8. The van der Waals surface area contributed by atoms with Gasteiger partial charge in [-0.25, -0.2) is 0 Å². The third kappa shape index (κ3) is 4.46. The number of fused-ring (bicyclic) bond motifs is 3. The third-order valence-electron chi connectivity index (χ3n) is 5.56. The molecule has 0 amide bonds. The number of hydrogen-bond acceptors (Lipinski definition) is 7. The molecule has 31 heavy (non-hydrogen) atoms. The molecule has 1 unspecified atom stereocenters. The maximum atomic E-state index is 6.34. The number of ether oxygens (including phenoxy) is 2. The lowest BCUT2D eigenvalue weighted by atomic mass is 10.1. The monoisotopic (exact) mass is 434 g/mol. The molecule has 0 spiro atoms. The van der Waals surface area contributed by atoms with Crippen molar-refractivity contribution < 1.29 is 9.47 Å². The van der Waals surface area contributed by atoms with E-state index in [1.165, 1.54) is 12.8 Å². The van der Waals surface area contributed by atoms with Crippen LogP contribution in [0.4, 0.5) is 5.69 Å². The van der Waals surface area contributed by atoms with Crippen molar-refractivity contribution in [1.29, 1.82) is 0 Å². The Kier molecular flexibility index (Phi) is 5.93. The Morgan fingerprint density at radius 1 is 1.06 bits per heavy atom. The van der Waals surface area contributed by atoms with Crippen LogP contribution < -0.4 is 14.8 Å². The summed E-state index contributed by atoms with van der Waals surface area (Å²) in [6.07, 6.45) is 5.82. The van der Waals surface area contributed by atoms with E-state index in [1.54, 1.807) is 11.8 Å². The Bertz CT molecular complexity index is 1040. The molecule has 1 fully saturated rings. The Morgan fingerprint density at radius 2 is 1.87 bits per heavy atom. The zero-order valence-electron chi connectivity index (χ0n) is 17.6. The van der Waals surface area contributed by atoms with E-state index in [1.807, 2.05) is 36.4 Å². The summed E-state index contributed by atoms with van der Waals surface area (Å²) in [4.78, 5) is 4.67. The fourth-order valence-electron chi connectivity index (χ4n) is 3.97. The summed E-state index contributed by atoms with van der Waals surface area (Å²) in [6, 6.07) is 16.2. The standard InChI is InChI=1S/C24H26N4O2S/c1-2-15-31-24-26-23-21(27-28-24)19-9-5-6-10-20(19)25-22(30-23)16-11-13-18(14-12-16)29-17-7-3-4-8-17/h5-6,9-14,17,22,25H,2-4,7-8,15H2,1H3. The number of rotatable bonds is 6. The van der Waals surface area contributed by atoms with Crippen molar-refractivity contribution in [3.05, 3.63) is 54.1 Å². The van der Waals surface area contributed by atoms with Gasteiger partial charge in [-0.2, -0.15) is 4.98 Å². The van der Waals surface area contributed by atoms with Crippen LogP contribution in [-0.4, -0.2) is 27.0 Å². The Balaban J connectivity index is 1.44. The van der Waals surface area contributed by atoms with Gasteiger partial charge in [0.1, 0.15) is 5.75 Å². The summed E-state index contributed by atoms with van der Waals surface area (Å²) >= 11 is 1.59. The molecule has 0 bridgehead atoms. The van der Waals surface area contributed by atoms with E-state index in [9.17, 15) is 0 Å². The predicted octanol–water partition coefficient (Wildman–Crippen LogP) is 5.87. The van der Waals surface area contributed by atoms with E-state index in [0.717, 1.165) is 47.6 Å². The lowest BCUT2D eigenvalue weighted by Gasteiger charge is -2.20. The summed E-state index contributed by atoms with van der Waals surface area (Å²) in [5, 5.41) is 12.9. The number of thioether (sulfide) groups is 1. The van der Waals surface area contributed by atoms with E-state index in [4.69, 9.17) is 9.47 Å². The Morgan fingerprint density at radius 3 is 2.68 bits per heavy atom. The van der Waals surface area contributed by atoms with Gasteiger partial charge in [-0.1, -0.05) is 36.9 Å². The SMILES string of the molecule is CCCSc1nnc2c(n1)OC(c1ccc(OC3CCCC3)cc1)Nc1ccccc1-2. The van der Waals surface area contributed by atoms with Crippen molar-refractivity contribution in [2.24, 2.45) is 0 Å². The van der Waals surface area contributed by atoms with E-state index in [0.29, 0.717) is 22.8 Å². The Labute approximate surface area is 186 Å². The lowest BCUT2D eigenvalue weighted by molar-refractivity contribution is 0.209. The molecule has 7 heteroatoms. The number of hydrogen-bond donors (Lipinski definition) is 1. The lowest BCUT2D eigenvalue weighted by Crippen LogP contribution is -2.17. The van der Waals surface area contributed by atoms with Crippen LogP contribution >= 0.6 is 11.8 Å². The number of benzene rings is 2. The van der Waals surface area contributed by atoms with E-state index < -0.39 is 0 Å². The highest BCUT2D eigenvalue weighted by molar-refractivity contribution is 7.99. The molecule has 0 radical (unpaired) electrons. The topological polar surface area (TPSA) is 69.2 Å². The molecule has 1 N–H and O–H groups in total. The minimum atomic E-state index is -0.386. The van der Waals surface area contributed by atoms with Gasteiger partial charge in [-0.3, -0.25) is 0 Å². The van der Waals surface area contributed by atoms with Gasteiger partial charge in [0.15, 0.2) is 11.9 Å². The van der Waals surface area contributed by atoms with E-state index in [2.05, 4.69) is 39.6 Å². The Hall–Kier alpha value is -2.80. The van der Waals surface area contributed by atoms with Gasteiger partial charge >= 0.3 is 0 Å².